The topological polar surface area (TPSA) is 12.5 Å². The molecule has 2 rings (SSSR count). The molecule has 0 amide bonds. The van der Waals surface area contributed by atoms with Crippen molar-refractivity contribution < 1.29 is 21.2 Å². The molecule has 2 aromatic rings. The smallest absolute Gasteiger partial charge is 0.108 e. The lowest BCUT2D eigenvalue weighted by atomic mass is 9.97. The fourth-order valence-electron chi connectivity index (χ4n) is 1.49. The van der Waals surface area contributed by atoms with Crippen LogP contribution in [0.2, 0.25) is 0 Å². The molecule has 0 spiro atoms. The summed E-state index contributed by atoms with van der Waals surface area (Å²) in [5, 5.41) is 0. The van der Waals surface area contributed by atoms with Crippen LogP contribution in [0, 0.1) is 6.85 Å². The number of hydrogen-bond acceptors (Lipinski definition) is 2. The highest BCUT2D eigenvalue weighted by Crippen LogP contribution is 2.28. The molecule has 2 heteroatoms. The molecule has 0 N–H and O–H groups in total. The molecule has 0 saturated heterocycles. The largest absolute Gasteiger partial charge is 0.367 e. The minimum Gasteiger partial charge on any atom is -0.367 e. The monoisotopic (exact) mass is 281 g/mol. The first-order valence-corrected chi connectivity index (χ1v) is 5.94. The van der Waals surface area contributed by atoms with Crippen LogP contribution < -0.4 is 0 Å². The Labute approximate surface area is 138 Å². The van der Waals surface area contributed by atoms with Gasteiger partial charge in [0.15, 0.2) is 0 Å². The van der Waals surface area contributed by atoms with Gasteiger partial charge in [-0.05, 0) is 37.6 Å². The van der Waals surface area contributed by atoms with Crippen molar-refractivity contribution in [3.63, 3.8) is 0 Å². The zero-order chi connectivity index (χ0) is 24.9. The summed E-state index contributed by atoms with van der Waals surface area (Å²) in [4.78, 5) is 0.878. The van der Waals surface area contributed by atoms with Gasteiger partial charge in [-0.15, -0.1) is 0 Å². The Kier molecular flexibility index (Phi) is 2.03. The number of hydrogen-bond donors (Lipinski definition) is 0. The lowest BCUT2D eigenvalue weighted by molar-refractivity contribution is 0.0683. The van der Waals surface area contributed by atoms with Gasteiger partial charge >= 0.3 is 0 Å². The molecule has 0 radical (unpaired) electrons. The molecule has 0 aliphatic rings. The molecule has 0 fully saturated rings. The Hall–Kier alpha value is -1.64. The summed E-state index contributed by atoms with van der Waals surface area (Å²) in [6.45, 7) is -9.11. The van der Waals surface area contributed by atoms with E-state index in [1.165, 1.54) is 38.4 Å². The average Bonchev–Trinajstić information content (AvgIpc) is 2.67. The second-order valence-corrected chi connectivity index (χ2v) is 4.16. The summed E-state index contributed by atoms with van der Waals surface area (Å²) in [5.41, 5.74) is -1.86. The Bertz CT molecular complexity index is 990. The summed E-state index contributed by atoms with van der Waals surface area (Å²) in [6.07, 6.45) is -2.84. The summed E-state index contributed by atoms with van der Waals surface area (Å²) in [7, 11) is 2.50. The van der Waals surface area contributed by atoms with E-state index in [4.69, 9.17) is 21.2 Å². The first-order valence-electron chi connectivity index (χ1n) is 11.9. The van der Waals surface area contributed by atoms with Crippen LogP contribution >= 0.6 is 0 Å². The van der Waals surface area contributed by atoms with E-state index in [9.17, 15) is 0 Å². The third-order valence-corrected chi connectivity index (χ3v) is 2.37. The fraction of sp³-hybridized carbons (Fsp3) is 0.333. The summed E-state index contributed by atoms with van der Waals surface area (Å²) in [5.74, 6) is 0. The quantitative estimate of drug-likeness (QED) is 0.801. The van der Waals surface area contributed by atoms with Gasteiger partial charge in [0, 0.05) is 13.4 Å². The van der Waals surface area contributed by atoms with Crippen molar-refractivity contribution in [2.75, 3.05) is 27.2 Å². The molecule has 20 heavy (non-hydrogen) atoms. The van der Waals surface area contributed by atoms with E-state index in [2.05, 4.69) is 0 Å². The molecule has 0 aliphatic heterocycles. The average molecular weight is 281 g/mol. The van der Waals surface area contributed by atoms with E-state index in [-0.39, 0.29) is 5.56 Å². The Morgan fingerprint density at radius 3 is 2.75 bits per heavy atom. The molecule has 0 saturated carbocycles. The van der Waals surface area contributed by atoms with Gasteiger partial charge in [0.05, 0.1) is 16.2 Å². The van der Waals surface area contributed by atoms with Crippen molar-refractivity contribution in [3.05, 3.63) is 71.2 Å². The molecule has 0 heterocycles. The van der Waals surface area contributed by atoms with Crippen molar-refractivity contribution in [1.29, 1.82) is 0 Å². The lowest BCUT2D eigenvalue weighted by Gasteiger charge is -2.22. The molecule has 0 aliphatic carbocycles. The van der Waals surface area contributed by atoms with E-state index in [1.54, 1.807) is 6.07 Å². The second kappa shape index (κ2) is 7.22. The standard InChI is InChI=1S/C18H23NO/c1-15-9-7-8-12-17(15)18(20-14-13-19(2)3)16-10-5-4-6-11-16/h4-12,18H,13-14H2,1-3H3/i1D3,7D,8D,9D,12D,13D2,14D2,18D. The minimum atomic E-state index is -3.21. The summed E-state index contributed by atoms with van der Waals surface area (Å²) < 4.78 is 103. The Morgan fingerprint density at radius 2 is 2.05 bits per heavy atom. The summed E-state index contributed by atoms with van der Waals surface area (Å²) >= 11 is 0. The third-order valence-electron chi connectivity index (χ3n) is 2.37. The third kappa shape index (κ3) is 3.92. The highest BCUT2D eigenvalue weighted by atomic mass is 16.5. The van der Waals surface area contributed by atoms with Crippen molar-refractivity contribution in [3.8, 4) is 0 Å². The van der Waals surface area contributed by atoms with Gasteiger partial charge in [-0.3, -0.25) is 0 Å². The lowest BCUT2D eigenvalue weighted by Crippen LogP contribution is -2.20. The van der Waals surface area contributed by atoms with Crippen LogP contribution in [0.25, 0.3) is 0 Å². The first-order chi connectivity index (χ1) is 14.4. The van der Waals surface area contributed by atoms with Crippen LogP contribution in [-0.2, 0) is 4.74 Å². The van der Waals surface area contributed by atoms with Crippen LogP contribution in [0.3, 0.4) is 0 Å². The zero-order valence-corrected chi connectivity index (χ0v) is 11.2. The Balaban J connectivity index is 3.00. The van der Waals surface area contributed by atoms with E-state index in [0.717, 1.165) is 4.90 Å². The Morgan fingerprint density at radius 1 is 1.30 bits per heavy atom. The SMILES string of the molecule is [2H]c1c([2H])c([2H])c(C([2H])(OC([2H])([2H])C([2H])([2H])N(C)C)c2ccccc2)c(C([2H])([2H])[2H])c1[2H]. The van der Waals surface area contributed by atoms with E-state index >= 15 is 0 Å². The fourth-order valence-corrected chi connectivity index (χ4v) is 1.49. The van der Waals surface area contributed by atoms with Crippen LogP contribution in [0.15, 0.2) is 54.5 Å². The predicted octanol–water partition coefficient (Wildman–Crippen LogP) is 3.66. The van der Waals surface area contributed by atoms with Gasteiger partial charge < -0.3 is 9.64 Å². The molecule has 1 unspecified atom stereocenters. The molecular formula is C18H23NO. The van der Waals surface area contributed by atoms with Gasteiger partial charge in [-0.2, -0.15) is 0 Å². The molecule has 0 bridgehead atoms. The molecule has 2 aromatic carbocycles. The van der Waals surface area contributed by atoms with Gasteiger partial charge in [-0.25, -0.2) is 0 Å². The van der Waals surface area contributed by atoms with Gasteiger partial charge in [0.1, 0.15) is 6.08 Å². The van der Waals surface area contributed by atoms with Gasteiger partial charge in [-0.1, -0.05) is 54.5 Å². The number of nitrogens with zero attached hydrogens (tertiary/aromatic N) is 1. The van der Waals surface area contributed by atoms with Crippen LogP contribution in [0.5, 0.6) is 0 Å². The number of benzene rings is 2. The highest BCUT2D eigenvalue weighted by Gasteiger charge is 2.16. The van der Waals surface area contributed by atoms with E-state index in [1.807, 2.05) is 0 Å². The number of ether oxygens (including phenoxy) is 1. The maximum atomic E-state index is 9.06. The maximum Gasteiger partial charge on any atom is 0.108 e. The first kappa shape index (κ1) is 5.63. The predicted molar refractivity (Wildman–Crippen MR) is 84.0 cm³/mol. The molecule has 106 valence electrons. The highest BCUT2D eigenvalue weighted by molar-refractivity contribution is 5.35. The number of likely N-dealkylation sites (N-methyl/N-ethyl adjacent to an activating group) is 1. The van der Waals surface area contributed by atoms with E-state index in [0.29, 0.717) is 0 Å². The van der Waals surface area contributed by atoms with Gasteiger partial charge in [0.2, 0.25) is 0 Å². The van der Waals surface area contributed by atoms with Crippen LogP contribution in [0.1, 0.15) is 39.2 Å². The van der Waals surface area contributed by atoms with Crippen LogP contribution in [-0.4, -0.2) is 32.1 Å². The van der Waals surface area contributed by atoms with Crippen molar-refractivity contribution in [2.45, 2.75) is 12.9 Å². The zero-order valence-electron chi connectivity index (χ0n) is 23.2. The van der Waals surface area contributed by atoms with Crippen molar-refractivity contribution >= 4 is 0 Å². The molecule has 1 atom stereocenters. The van der Waals surface area contributed by atoms with E-state index < -0.39 is 61.3 Å². The second-order valence-electron chi connectivity index (χ2n) is 4.16. The maximum absolute atomic E-state index is 9.06. The van der Waals surface area contributed by atoms with Gasteiger partial charge in [0.25, 0.3) is 0 Å². The van der Waals surface area contributed by atoms with Crippen LogP contribution in [0.4, 0.5) is 0 Å². The molecule has 2 nitrogen and oxygen atoms in total. The molecule has 0 aromatic heterocycles. The normalized spacial score (nSPS) is 24.9. The minimum absolute atomic E-state index is 0.144. The van der Waals surface area contributed by atoms with Crippen molar-refractivity contribution in [2.24, 2.45) is 0 Å². The number of rotatable bonds is 6. The summed E-state index contributed by atoms with van der Waals surface area (Å²) in [6, 6.07) is 3.64. The molecular weight excluding hydrogens is 246 g/mol. The van der Waals surface area contributed by atoms with Crippen molar-refractivity contribution in [1.82, 2.24) is 4.90 Å².